The van der Waals surface area contributed by atoms with Gasteiger partial charge in [0.2, 0.25) is 15.8 Å². The number of piperidine rings is 1. The van der Waals surface area contributed by atoms with Crippen molar-refractivity contribution in [1.82, 2.24) is 19.1 Å². The van der Waals surface area contributed by atoms with E-state index in [0.717, 1.165) is 32.1 Å². The van der Waals surface area contributed by atoms with Gasteiger partial charge >= 0.3 is 0 Å². The van der Waals surface area contributed by atoms with Crippen LogP contribution in [0.15, 0.2) is 6.33 Å². The summed E-state index contributed by atoms with van der Waals surface area (Å²) in [6, 6.07) is -0.0925. The summed E-state index contributed by atoms with van der Waals surface area (Å²) in [6.07, 6.45) is 6.12. The van der Waals surface area contributed by atoms with Crippen molar-refractivity contribution in [2.24, 2.45) is 11.7 Å². The van der Waals surface area contributed by atoms with E-state index in [1.165, 1.54) is 6.33 Å². The third kappa shape index (κ3) is 3.46. The lowest BCUT2D eigenvalue weighted by Crippen LogP contribution is -2.42. The predicted molar refractivity (Wildman–Crippen MR) is 79.5 cm³/mol. The smallest absolute Gasteiger partial charge is 0.288 e. The van der Waals surface area contributed by atoms with Gasteiger partial charge in [0.05, 0.1) is 11.8 Å². The van der Waals surface area contributed by atoms with E-state index in [1.807, 2.05) is 0 Å². The van der Waals surface area contributed by atoms with E-state index >= 15 is 0 Å². The fraction of sp³-hybridized carbons (Fsp3) is 0.769. The second-order valence-electron chi connectivity index (χ2n) is 6.11. The summed E-state index contributed by atoms with van der Waals surface area (Å²) < 4.78 is 27.9. The molecule has 1 unspecified atom stereocenters. The molecule has 9 heteroatoms. The number of hydrogen-bond acceptors (Lipinski definition) is 5. The molecule has 2 N–H and O–H groups in total. The van der Waals surface area contributed by atoms with Gasteiger partial charge in [0.1, 0.15) is 6.33 Å². The molecule has 22 heavy (non-hydrogen) atoms. The van der Waals surface area contributed by atoms with Crippen molar-refractivity contribution < 1.29 is 13.2 Å². The highest BCUT2D eigenvalue weighted by Crippen LogP contribution is 2.33. The molecule has 0 spiro atoms. The van der Waals surface area contributed by atoms with Crippen molar-refractivity contribution in [3.63, 3.8) is 0 Å². The minimum atomic E-state index is -3.21. The van der Waals surface area contributed by atoms with Crippen molar-refractivity contribution >= 4 is 15.9 Å². The molecule has 1 aliphatic carbocycles. The second kappa shape index (κ2) is 5.96. The summed E-state index contributed by atoms with van der Waals surface area (Å²) in [5, 5.41) is 4.04. The molecule has 1 amide bonds. The zero-order valence-corrected chi connectivity index (χ0v) is 13.2. The largest absolute Gasteiger partial charge is 0.363 e. The summed E-state index contributed by atoms with van der Waals surface area (Å²) >= 11 is 0. The fourth-order valence-corrected chi connectivity index (χ4v) is 4.50. The van der Waals surface area contributed by atoms with Crippen molar-refractivity contribution in [3.8, 4) is 0 Å². The van der Waals surface area contributed by atoms with Crippen LogP contribution in [0.1, 0.15) is 48.8 Å². The molecule has 2 aliphatic rings. The lowest BCUT2D eigenvalue weighted by molar-refractivity contribution is 0.0989. The second-order valence-corrected chi connectivity index (χ2v) is 8.20. The van der Waals surface area contributed by atoms with E-state index < -0.39 is 15.9 Å². The topological polar surface area (TPSA) is 111 Å². The Bertz CT molecular complexity index is 652. The lowest BCUT2D eigenvalue weighted by atomic mass is 10.1. The van der Waals surface area contributed by atoms with E-state index in [1.54, 1.807) is 8.99 Å². The zero-order chi connectivity index (χ0) is 15.7. The Kier molecular flexibility index (Phi) is 4.18. The number of rotatable bonds is 6. The summed E-state index contributed by atoms with van der Waals surface area (Å²) in [4.78, 5) is 14.9. The molecule has 2 heterocycles. The van der Waals surface area contributed by atoms with Crippen LogP contribution in [0.4, 0.5) is 0 Å². The van der Waals surface area contributed by atoms with Crippen LogP contribution in [0.3, 0.4) is 0 Å². The Hall–Kier alpha value is -1.48. The third-order valence-electron chi connectivity index (χ3n) is 4.34. The highest BCUT2D eigenvalue weighted by molar-refractivity contribution is 7.89. The van der Waals surface area contributed by atoms with Gasteiger partial charge in [-0.25, -0.2) is 18.1 Å². The maximum absolute atomic E-state index is 12.4. The van der Waals surface area contributed by atoms with Gasteiger partial charge in [-0.2, -0.15) is 4.31 Å². The van der Waals surface area contributed by atoms with Gasteiger partial charge in [-0.05, 0) is 25.2 Å². The molecule has 1 aromatic heterocycles. The SMILES string of the molecule is NC(=O)c1ncn(C2CCCN(S(=O)(=O)CCC3CC3)C2)n1. The first-order valence-electron chi connectivity index (χ1n) is 7.64. The molecular weight excluding hydrogens is 306 g/mol. The van der Waals surface area contributed by atoms with Crippen molar-refractivity contribution in [2.45, 2.75) is 38.1 Å². The van der Waals surface area contributed by atoms with Crippen LogP contribution >= 0.6 is 0 Å². The first kappa shape index (κ1) is 15.4. The number of primary amides is 1. The summed E-state index contributed by atoms with van der Waals surface area (Å²) in [7, 11) is -3.21. The van der Waals surface area contributed by atoms with Crippen LogP contribution in [0.2, 0.25) is 0 Å². The zero-order valence-electron chi connectivity index (χ0n) is 12.4. The van der Waals surface area contributed by atoms with E-state index in [0.29, 0.717) is 19.0 Å². The molecule has 122 valence electrons. The highest BCUT2D eigenvalue weighted by Gasteiger charge is 2.32. The standard InChI is InChI=1S/C13H21N5O3S/c14-12(19)13-15-9-18(16-13)11-2-1-6-17(8-11)22(20,21)7-5-10-3-4-10/h9-11H,1-8H2,(H2,14,19). The maximum Gasteiger partial charge on any atom is 0.288 e. The molecule has 1 atom stereocenters. The van der Waals surface area contributed by atoms with E-state index in [4.69, 9.17) is 5.73 Å². The number of sulfonamides is 1. The quantitative estimate of drug-likeness (QED) is 0.799. The van der Waals surface area contributed by atoms with Crippen molar-refractivity contribution in [1.29, 1.82) is 0 Å². The van der Waals surface area contributed by atoms with Gasteiger partial charge in [-0.3, -0.25) is 4.79 Å². The first-order valence-corrected chi connectivity index (χ1v) is 9.25. The van der Waals surface area contributed by atoms with Crippen LogP contribution in [-0.2, 0) is 10.0 Å². The molecule has 1 aliphatic heterocycles. The lowest BCUT2D eigenvalue weighted by Gasteiger charge is -2.31. The molecule has 1 saturated heterocycles. The van der Waals surface area contributed by atoms with Crippen molar-refractivity contribution in [3.05, 3.63) is 12.2 Å². The minimum Gasteiger partial charge on any atom is -0.363 e. The number of carbonyl (C=O) groups is 1. The predicted octanol–water partition coefficient (Wildman–Crippen LogP) is 0.144. The van der Waals surface area contributed by atoms with Gasteiger partial charge in [-0.15, -0.1) is 5.10 Å². The van der Waals surface area contributed by atoms with Crippen LogP contribution in [0.5, 0.6) is 0 Å². The van der Waals surface area contributed by atoms with Crippen LogP contribution in [-0.4, -0.2) is 52.2 Å². The average molecular weight is 327 g/mol. The van der Waals surface area contributed by atoms with Gasteiger partial charge in [0, 0.05) is 13.1 Å². The third-order valence-corrected chi connectivity index (χ3v) is 6.21. The number of aromatic nitrogens is 3. The monoisotopic (exact) mass is 327 g/mol. The molecule has 1 saturated carbocycles. The van der Waals surface area contributed by atoms with E-state index in [9.17, 15) is 13.2 Å². The molecule has 0 bridgehead atoms. The Balaban J connectivity index is 1.66. The average Bonchev–Trinajstić information content (AvgIpc) is 3.19. The first-order chi connectivity index (χ1) is 10.5. The normalized spacial score (nSPS) is 23.5. The summed E-state index contributed by atoms with van der Waals surface area (Å²) in [5.41, 5.74) is 5.14. The molecule has 0 aromatic carbocycles. The number of nitrogens with two attached hydrogens (primary N) is 1. The van der Waals surface area contributed by atoms with Gasteiger partial charge in [-0.1, -0.05) is 12.8 Å². The van der Waals surface area contributed by atoms with Crippen LogP contribution < -0.4 is 5.73 Å². The molecular formula is C13H21N5O3S. The number of hydrogen-bond donors (Lipinski definition) is 1. The number of amides is 1. The molecule has 1 aromatic rings. The van der Waals surface area contributed by atoms with Gasteiger partial charge in [0.25, 0.3) is 5.91 Å². The van der Waals surface area contributed by atoms with Crippen LogP contribution in [0.25, 0.3) is 0 Å². The Morgan fingerprint density at radius 3 is 2.77 bits per heavy atom. The van der Waals surface area contributed by atoms with Crippen molar-refractivity contribution in [2.75, 3.05) is 18.8 Å². The molecule has 2 fully saturated rings. The van der Waals surface area contributed by atoms with E-state index in [2.05, 4.69) is 10.1 Å². The number of carbonyl (C=O) groups excluding carboxylic acids is 1. The van der Waals surface area contributed by atoms with E-state index in [-0.39, 0.29) is 17.6 Å². The molecule has 3 rings (SSSR count). The van der Waals surface area contributed by atoms with Gasteiger partial charge < -0.3 is 5.73 Å². The summed E-state index contributed by atoms with van der Waals surface area (Å²) in [6.45, 7) is 0.940. The van der Waals surface area contributed by atoms with Crippen LogP contribution in [0, 0.1) is 5.92 Å². The Morgan fingerprint density at radius 2 is 2.14 bits per heavy atom. The summed E-state index contributed by atoms with van der Waals surface area (Å²) in [5.74, 6) is 0.120. The number of nitrogens with zero attached hydrogens (tertiary/aromatic N) is 4. The Labute approximate surface area is 129 Å². The maximum atomic E-state index is 12.4. The Morgan fingerprint density at radius 1 is 1.36 bits per heavy atom. The van der Waals surface area contributed by atoms with Gasteiger partial charge in [0.15, 0.2) is 0 Å². The highest BCUT2D eigenvalue weighted by atomic mass is 32.2. The fourth-order valence-electron chi connectivity index (χ4n) is 2.80. The molecule has 0 radical (unpaired) electrons. The molecule has 8 nitrogen and oxygen atoms in total. The minimum absolute atomic E-state index is 0.0336.